The second-order valence-corrected chi connectivity index (χ2v) is 4.44. The Morgan fingerprint density at radius 1 is 1.27 bits per heavy atom. The summed E-state index contributed by atoms with van der Waals surface area (Å²) in [5.41, 5.74) is 0.539. The Morgan fingerprint density at radius 2 is 1.80 bits per heavy atom. The average molecular weight is 231 g/mol. The molecular weight excluding hydrogens is 222 g/mol. The molecule has 0 radical (unpaired) electrons. The van der Waals surface area contributed by atoms with Crippen LogP contribution in [0.5, 0.6) is 0 Å². The molecule has 15 heavy (non-hydrogen) atoms. The maximum absolute atomic E-state index is 10.6. The van der Waals surface area contributed by atoms with Gasteiger partial charge in [-0.2, -0.15) is 8.42 Å². The Hall–Kier alpha value is -1.47. The van der Waals surface area contributed by atoms with E-state index in [9.17, 15) is 18.5 Å². The lowest BCUT2D eigenvalue weighted by molar-refractivity contribution is -0.496. The van der Waals surface area contributed by atoms with E-state index in [-0.39, 0.29) is 5.56 Å². The minimum Gasteiger partial charge on any atom is -0.285 e. The second kappa shape index (κ2) is 4.37. The van der Waals surface area contributed by atoms with Crippen LogP contribution in [0, 0.1) is 10.1 Å². The third kappa shape index (κ3) is 4.05. The van der Waals surface area contributed by atoms with E-state index in [0.29, 0.717) is 5.56 Å². The zero-order valence-electron chi connectivity index (χ0n) is 7.66. The van der Waals surface area contributed by atoms with E-state index in [1.807, 2.05) is 0 Å². The first-order valence-corrected chi connectivity index (χ1v) is 5.63. The van der Waals surface area contributed by atoms with E-state index in [0.717, 1.165) is 0 Å². The summed E-state index contributed by atoms with van der Waals surface area (Å²) in [6.07, 6.45) is 0. The van der Waals surface area contributed by atoms with Gasteiger partial charge in [-0.25, -0.2) is 0 Å². The van der Waals surface area contributed by atoms with Crippen LogP contribution in [0.1, 0.15) is 11.1 Å². The van der Waals surface area contributed by atoms with E-state index in [1.165, 1.54) is 12.1 Å². The molecule has 0 aliphatic rings. The molecule has 0 saturated heterocycles. The Kier molecular flexibility index (Phi) is 3.38. The van der Waals surface area contributed by atoms with Crippen molar-refractivity contribution in [1.29, 1.82) is 0 Å². The second-order valence-electron chi connectivity index (χ2n) is 2.99. The van der Waals surface area contributed by atoms with Crippen LogP contribution in [0.25, 0.3) is 0 Å². The van der Waals surface area contributed by atoms with E-state index >= 15 is 0 Å². The fourth-order valence-electron chi connectivity index (χ4n) is 1.19. The van der Waals surface area contributed by atoms with Gasteiger partial charge in [-0.1, -0.05) is 24.3 Å². The molecule has 7 heteroatoms. The first-order valence-electron chi connectivity index (χ1n) is 4.02. The third-order valence-corrected chi connectivity index (χ3v) is 2.43. The summed E-state index contributed by atoms with van der Waals surface area (Å²) in [4.78, 5) is 9.73. The van der Waals surface area contributed by atoms with Crippen LogP contribution < -0.4 is 0 Å². The molecule has 0 unspecified atom stereocenters. The zero-order valence-corrected chi connectivity index (χ0v) is 8.48. The highest BCUT2D eigenvalue weighted by atomic mass is 32.2. The molecule has 1 aromatic carbocycles. The molecule has 82 valence electrons. The first kappa shape index (κ1) is 11.6. The van der Waals surface area contributed by atoms with Crippen molar-refractivity contribution in [3.8, 4) is 0 Å². The van der Waals surface area contributed by atoms with Crippen molar-refractivity contribution in [1.82, 2.24) is 0 Å². The van der Waals surface area contributed by atoms with Crippen molar-refractivity contribution in [3.05, 3.63) is 45.5 Å². The number of rotatable bonds is 4. The Labute approximate surface area is 86.4 Å². The van der Waals surface area contributed by atoms with Gasteiger partial charge in [0.1, 0.15) is 5.75 Å². The zero-order chi connectivity index (χ0) is 11.5. The van der Waals surface area contributed by atoms with Gasteiger partial charge >= 0.3 is 0 Å². The van der Waals surface area contributed by atoms with Crippen LogP contribution in [-0.4, -0.2) is 17.9 Å². The van der Waals surface area contributed by atoms with Crippen LogP contribution in [0.2, 0.25) is 0 Å². The van der Waals surface area contributed by atoms with Gasteiger partial charge in [-0.15, -0.1) is 0 Å². The Bertz CT molecular complexity index is 468. The minimum atomic E-state index is -4.16. The molecule has 0 fully saturated rings. The van der Waals surface area contributed by atoms with Crippen molar-refractivity contribution in [2.24, 2.45) is 0 Å². The van der Waals surface area contributed by atoms with Gasteiger partial charge < -0.3 is 0 Å². The molecule has 0 amide bonds. The van der Waals surface area contributed by atoms with E-state index < -0.39 is 27.3 Å². The number of nitrogens with zero attached hydrogens (tertiary/aromatic N) is 1. The lowest BCUT2D eigenvalue weighted by Crippen LogP contribution is -2.07. The minimum absolute atomic E-state index is 0.247. The van der Waals surface area contributed by atoms with Gasteiger partial charge in [0, 0.05) is 10.5 Å². The smallest absolute Gasteiger partial charge is 0.269 e. The lowest BCUT2D eigenvalue weighted by atomic mass is 10.1. The average Bonchev–Trinajstić information content (AvgIpc) is 2.05. The van der Waals surface area contributed by atoms with E-state index in [2.05, 4.69) is 0 Å². The van der Waals surface area contributed by atoms with Gasteiger partial charge in [0.15, 0.2) is 0 Å². The fraction of sp³-hybridized carbons (Fsp3) is 0.250. The maximum Gasteiger partial charge on any atom is 0.269 e. The topological polar surface area (TPSA) is 97.5 Å². The summed E-state index contributed by atoms with van der Waals surface area (Å²) >= 11 is 0. The van der Waals surface area contributed by atoms with Crippen molar-refractivity contribution >= 4 is 10.1 Å². The highest BCUT2D eigenvalue weighted by Gasteiger charge is 2.13. The lowest BCUT2D eigenvalue weighted by Gasteiger charge is -2.03. The Balaban J connectivity index is 3.01. The van der Waals surface area contributed by atoms with Crippen LogP contribution in [0.15, 0.2) is 24.3 Å². The SMILES string of the molecule is O=[N+]([O-])Cc1ccccc1CS(=O)(=O)O. The molecule has 1 rings (SSSR count). The molecule has 1 aromatic rings. The number of benzene rings is 1. The quantitative estimate of drug-likeness (QED) is 0.470. The van der Waals surface area contributed by atoms with Gasteiger partial charge in [0.2, 0.25) is 6.54 Å². The molecule has 0 aliphatic heterocycles. The van der Waals surface area contributed by atoms with Crippen LogP contribution >= 0.6 is 0 Å². The molecule has 0 spiro atoms. The van der Waals surface area contributed by atoms with Crippen LogP contribution in [0.3, 0.4) is 0 Å². The van der Waals surface area contributed by atoms with Gasteiger partial charge in [0.05, 0.1) is 0 Å². The van der Waals surface area contributed by atoms with Crippen molar-refractivity contribution in [2.45, 2.75) is 12.3 Å². The molecule has 0 heterocycles. The van der Waals surface area contributed by atoms with Crippen molar-refractivity contribution in [2.75, 3.05) is 0 Å². The third-order valence-electron chi connectivity index (χ3n) is 1.76. The predicted molar refractivity (Wildman–Crippen MR) is 52.4 cm³/mol. The van der Waals surface area contributed by atoms with Gasteiger partial charge in [-0.3, -0.25) is 14.7 Å². The summed E-state index contributed by atoms with van der Waals surface area (Å²) in [6, 6.07) is 6.03. The standard InChI is InChI=1S/C8H9NO5S/c10-9(11)5-7-3-1-2-4-8(7)6-15(12,13)14/h1-4H,5-6H2,(H,12,13,14). The normalized spacial score (nSPS) is 11.3. The number of hydrogen-bond acceptors (Lipinski definition) is 4. The fourth-order valence-corrected chi connectivity index (χ4v) is 1.86. The van der Waals surface area contributed by atoms with E-state index in [4.69, 9.17) is 4.55 Å². The molecule has 1 N–H and O–H groups in total. The van der Waals surface area contributed by atoms with Crippen LogP contribution in [0.4, 0.5) is 0 Å². The summed E-state index contributed by atoms with van der Waals surface area (Å²) in [5.74, 6) is -0.600. The monoisotopic (exact) mass is 231 g/mol. The summed E-state index contributed by atoms with van der Waals surface area (Å²) in [7, 11) is -4.16. The summed E-state index contributed by atoms with van der Waals surface area (Å²) in [5, 5.41) is 10.3. The van der Waals surface area contributed by atoms with Crippen LogP contribution in [-0.2, 0) is 22.4 Å². The van der Waals surface area contributed by atoms with Gasteiger partial charge in [0.25, 0.3) is 10.1 Å². The summed E-state index contributed by atoms with van der Waals surface area (Å²) < 4.78 is 29.9. The Morgan fingerprint density at radius 3 is 2.27 bits per heavy atom. The van der Waals surface area contributed by atoms with Gasteiger partial charge in [-0.05, 0) is 5.56 Å². The first-order chi connectivity index (χ1) is 6.88. The molecule has 0 aromatic heterocycles. The molecule has 6 nitrogen and oxygen atoms in total. The highest BCUT2D eigenvalue weighted by Crippen LogP contribution is 2.12. The molecule has 0 bridgehead atoms. The number of hydrogen-bond donors (Lipinski definition) is 1. The molecular formula is C8H9NO5S. The molecule has 0 atom stereocenters. The van der Waals surface area contributed by atoms with Crippen molar-refractivity contribution < 1.29 is 17.9 Å². The molecule has 0 saturated carbocycles. The van der Waals surface area contributed by atoms with E-state index in [1.54, 1.807) is 12.1 Å². The highest BCUT2D eigenvalue weighted by molar-refractivity contribution is 7.85. The summed E-state index contributed by atoms with van der Waals surface area (Å²) in [6.45, 7) is -0.453. The largest absolute Gasteiger partial charge is 0.285 e. The maximum atomic E-state index is 10.6. The number of nitro groups is 1. The predicted octanol–water partition coefficient (Wildman–Crippen LogP) is 0.851. The van der Waals surface area contributed by atoms with Crippen molar-refractivity contribution in [3.63, 3.8) is 0 Å². The molecule has 0 aliphatic carbocycles.